The normalized spacial score (nSPS) is 18.6. The molecule has 1 aliphatic heterocycles. The number of halogens is 5. The monoisotopic (exact) mass is 310 g/mol. The molecule has 1 aromatic rings. The van der Waals surface area contributed by atoms with Crippen LogP contribution >= 0.6 is 0 Å². The smallest absolute Gasteiger partial charge is 0.227 e. The van der Waals surface area contributed by atoms with Gasteiger partial charge in [-0.2, -0.15) is 0 Å². The van der Waals surface area contributed by atoms with E-state index in [0.29, 0.717) is 19.7 Å². The molecule has 9 heteroatoms. The summed E-state index contributed by atoms with van der Waals surface area (Å²) in [5.74, 6) is -11.6. The fourth-order valence-electron chi connectivity index (χ4n) is 1.86. The van der Waals surface area contributed by atoms with E-state index in [1.54, 1.807) is 5.32 Å². The van der Waals surface area contributed by atoms with Crippen molar-refractivity contribution in [3.63, 3.8) is 0 Å². The molecule has 2 rings (SSSR count). The zero-order chi connectivity index (χ0) is 15.6. The lowest BCUT2D eigenvalue weighted by Gasteiger charge is -2.23. The molecule has 116 valence electrons. The fraction of sp³-hybridized carbons (Fsp3) is 0.417. The zero-order valence-corrected chi connectivity index (χ0v) is 10.6. The van der Waals surface area contributed by atoms with Crippen molar-refractivity contribution in [3.8, 4) is 0 Å². The van der Waals surface area contributed by atoms with Gasteiger partial charge in [-0.15, -0.1) is 0 Å². The number of rotatable bonds is 3. The molecule has 1 aliphatic rings. The third-order valence-corrected chi connectivity index (χ3v) is 2.89. The number of morpholine rings is 1. The Kier molecular flexibility index (Phi) is 4.73. The van der Waals surface area contributed by atoms with Crippen LogP contribution in [0, 0.1) is 29.1 Å². The van der Waals surface area contributed by atoms with Crippen molar-refractivity contribution in [1.29, 1.82) is 0 Å². The second kappa shape index (κ2) is 6.35. The molecule has 4 nitrogen and oxygen atoms in total. The predicted octanol–water partition coefficient (Wildman–Crippen LogP) is 1.70. The lowest BCUT2D eigenvalue weighted by Crippen LogP contribution is -2.40. The molecule has 2 N–H and O–H groups in total. The Balaban J connectivity index is 2.13. The number of nitrogens with one attached hydrogen (secondary N) is 2. The first kappa shape index (κ1) is 15.6. The maximum atomic E-state index is 13.4. The van der Waals surface area contributed by atoms with Gasteiger partial charge in [0.05, 0.1) is 19.1 Å². The molecule has 0 aromatic heterocycles. The zero-order valence-electron chi connectivity index (χ0n) is 10.6. The van der Waals surface area contributed by atoms with Gasteiger partial charge in [0.15, 0.2) is 23.3 Å². The second-order valence-corrected chi connectivity index (χ2v) is 4.39. The number of hydrogen-bond acceptors (Lipinski definition) is 3. The molecule has 1 heterocycles. The van der Waals surface area contributed by atoms with Gasteiger partial charge in [-0.05, 0) is 0 Å². The molecule has 1 saturated heterocycles. The van der Waals surface area contributed by atoms with Gasteiger partial charge in [-0.3, -0.25) is 4.79 Å². The van der Waals surface area contributed by atoms with Gasteiger partial charge >= 0.3 is 0 Å². The van der Waals surface area contributed by atoms with Crippen LogP contribution in [0.2, 0.25) is 0 Å². The van der Waals surface area contributed by atoms with Crippen molar-refractivity contribution in [2.75, 3.05) is 25.0 Å². The Labute approximate surface area is 116 Å². The van der Waals surface area contributed by atoms with E-state index < -0.39 is 46.8 Å². The van der Waals surface area contributed by atoms with Crippen LogP contribution in [0.25, 0.3) is 0 Å². The largest absolute Gasteiger partial charge is 0.375 e. The number of carbonyl (C=O) groups is 1. The van der Waals surface area contributed by atoms with E-state index in [1.807, 2.05) is 0 Å². The summed E-state index contributed by atoms with van der Waals surface area (Å²) in [6.07, 6.45) is -0.799. The van der Waals surface area contributed by atoms with E-state index >= 15 is 0 Å². The molecule has 1 fully saturated rings. The van der Waals surface area contributed by atoms with Gasteiger partial charge in [-0.25, -0.2) is 22.0 Å². The Morgan fingerprint density at radius 3 is 2.19 bits per heavy atom. The Bertz CT molecular complexity index is 532. The van der Waals surface area contributed by atoms with Crippen LogP contribution in [0.15, 0.2) is 0 Å². The van der Waals surface area contributed by atoms with Crippen LogP contribution in [0.5, 0.6) is 0 Å². The number of carbonyl (C=O) groups excluding carboxylic acids is 1. The number of anilines is 1. The van der Waals surface area contributed by atoms with Crippen molar-refractivity contribution in [2.45, 2.75) is 12.5 Å². The standard InChI is InChI=1S/C12H11F5N2O2/c13-7-8(14)10(16)12(11(17)9(7)15)19-6(20)3-5-4-18-1-2-21-5/h5,18H,1-4H2,(H,19,20). The molecule has 0 radical (unpaired) electrons. The lowest BCUT2D eigenvalue weighted by molar-refractivity contribution is -0.119. The Morgan fingerprint density at radius 1 is 1.10 bits per heavy atom. The maximum Gasteiger partial charge on any atom is 0.227 e. The van der Waals surface area contributed by atoms with Crippen LogP contribution in [-0.4, -0.2) is 31.7 Å². The van der Waals surface area contributed by atoms with Crippen molar-refractivity contribution in [2.24, 2.45) is 0 Å². The average Bonchev–Trinajstić information content (AvgIpc) is 2.48. The van der Waals surface area contributed by atoms with Crippen LogP contribution in [0.4, 0.5) is 27.6 Å². The van der Waals surface area contributed by atoms with Crippen molar-refractivity contribution in [1.82, 2.24) is 5.32 Å². The van der Waals surface area contributed by atoms with E-state index in [1.165, 1.54) is 0 Å². The number of benzene rings is 1. The average molecular weight is 310 g/mol. The SMILES string of the molecule is O=C(CC1CNCCO1)Nc1c(F)c(F)c(F)c(F)c1F. The highest BCUT2D eigenvalue weighted by Gasteiger charge is 2.27. The summed E-state index contributed by atoms with van der Waals surface area (Å²) in [5, 5.41) is 4.62. The molecular weight excluding hydrogens is 299 g/mol. The highest BCUT2D eigenvalue weighted by atomic mass is 19.2. The lowest BCUT2D eigenvalue weighted by atomic mass is 10.2. The van der Waals surface area contributed by atoms with Crippen LogP contribution in [-0.2, 0) is 9.53 Å². The van der Waals surface area contributed by atoms with E-state index in [2.05, 4.69) is 5.32 Å². The van der Waals surface area contributed by atoms with Gasteiger partial charge in [0, 0.05) is 13.1 Å². The molecule has 0 saturated carbocycles. The van der Waals surface area contributed by atoms with E-state index in [4.69, 9.17) is 4.74 Å². The third kappa shape index (κ3) is 3.30. The first-order valence-corrected chi connectivity index (χ1v) is 6.05. The van der Waals surface area contributed by atoms with E-state index in [-0.39, 0.29) is 6.42 Å². The van der Waals surface area contributed by atoms with Crippen molar-refractivity contribution in [3.05, 3.63) is 29.1 Å². The molecule has 1 aromatic carbocycles. The summed E-state index contributed by atoms with van der Waals surface area (Å²) in [6, 6.07) is 0. The molecule has 1 atom stereocenters. The minimum atomic E-state index is -2.28. The van der Waals surface area contributed by atoms with Gasteiger partial charge in [-0.1, -0.05) is 0 Å². The molecule has 0 spiro atoms. The molecular formula is C12H11F5N2O2. The topological polar surface area (TPSA) is 50.4 Å². The maximum absolute atomic E-state index is 13.4. The number of amides is 1. The first-order valence-electron chi connectivity index (χ1n) is 6.05. The first-order chi connectivity index (χ1) is 9.91. The van der Waals surface area contributed by atoms with Crippen LogP contribution in [0.1, 0.15) is 6.42 Å². The van der Waals surface area contributed by atoms with Crippen LogP contribution in [0.3, 0.4) is 0 Å². The van der Waals surface area contributed by atoms with Gasteiger partial charge in [0.2, 0.25) is 11.7 Å². The molecule has 0 bridgehead atoms. The third-order valence-electron chi connectivity index (χ3n) is 2.89. The summed E-state index contributed by atoms with van der Waals surface area (Å²) >= 11 is 0. The summed E-state index contributed by atoms with van der Waals surface area (Å²) < 4.78 is 70.7. The Morgan fingerprint density at radius 2 is 1.67 bits per heavy atom. The minimum absolute atomic E-state index is 0.271. The summed E-state index contributed by atoms with van der Waals surface area (Å²) in [5.41, 5.74) is -1.36. The second-order valence-electron chi connectivity index (χ2n) is 4.39. The molecule has 1 amide bonds. The highest BCUT2D eigenvalue weighted by molar-refractivity contribution is 5.91. The van der Waals surface area contributed by atoms with Crippen molar-refractivity contribution >= 4 is 11.6 Å². The summed E-state index contributed by atoms with van der Waals surface area (Å²) in [7, 11) is 0. The number of hydrogen-bond donors (Lipinski definition) is 2. The van der Waals surface area contributed by atoms with Crippen molar-refractivity contribution < 1.29 is 31.5 Å². The van der Waals surface area contributed by atoms with E-state index in [9.17, 15) is 26.7 Å². The highest BCUT2D eigenvalue weighted by Crippen LogP contribution is 2.27. The predicted molar refractivity (Wildman–Crippen MR) is 62.1 cm³/mol. The van der Waals surface area contributed by atoms with Crippen LogP contribution < -0.4 is 10.6 Å². The van der Waals surface area contributed by atoms with Gasteiger partial charge in [0.1, 0.15) is 5.69 Å². The quantitative estimate of drug-likeness (QED) is 0.507. The minimum Gasteiger partial charge on any atom is -0.375 e. The molecule has 1 unspecified atom stereocenters. The summed E-state index contributed by atoms with van der Waals surface area (Å²) in [4.78, 5) is 11.6. The molecule has 21 heavy (non-hydrogen) atoms. The fourth-order valence-corrected chi connectivity index (χ4v) is 1.86. The van der Waals surface area contributed by atoms with Gasteiger partial charge in [0.25, 0.3) is 0 Å². The van der Waals surface area contributed by atoms with E-state index in [0.717, 1.165) is 0 Å². The summed E-state index contributed by atoms with van der Waals surface area (Å²) in [6.45, 7) is 1.32. The van der Waals surface area contributed by atoms with Gasteiger partial charge < -0.3 is 15.4 Å². The Hall–Kier alpha value is -1.74. The molecule has 0 aliphatic carbocycles. The number of ether oxygens (including phenoxy) is 1.